The minimum Gasteiger partial charge on any atom is -0.497 e. The number of carbonyl (C=O) groups excluding carboxylic acids is 1. The zero-order valence-corrected chi connectivity index (χ0v) is 17.9. The lowest BCUT2D eigenvalue weighted by Gasteiger charge is -2.44. The van der Waals surface area contributed by atoms with E-state index in [1.807, 2.05) is 41.0 Å². The van der Waals surface area contributed by atoms with Crippen molar-refractivity contribution in [3.05, 3.63) is 59.8 Å². The number of methoxy groups -OCH3 is 2. The summed E-state index contributed by atoms with van der Waals surface area (Å²) in [6.45, 7) is 1.16. The molecule has 1 amide bonds. The molecule has 0 bridgehead atoms. The van der Waals surface area contributed by atoms with Crippen LogP contribution in [0.25, 0.3) is 11.3 Å². The van der Waals surface area contributed by atoms with E-state index in [1.54, 1.807) is 32.4 Å². The summed E-state index contributed by atoms with van der Waals surface area (Å²) in [6.07, 6.45) is 3.30. The fourth-order valence-corrected chi connectivity index (χ4v) is 4.70. The molecular formula is C24H25N3O4. The van der Waals surface area contributed by atoms with Gasteiger partial charge in [-0.3, -0.25) is 9.48 Å². The average molecular weight is 419 g/mol. The summed E-state index contributed by atoms with van der Waals surface area (Å²) in [5.41, 5.74) is 3.28. The summed E-state index contributed by atoms with van der Waals surface area (Å²) < 4.78 is 19.2. The number of rotatable bonds is 3. The molecule has 0 atom stereocenters. The predicted octanol–water partition coefficient (Wildman–Crippen LogP) is 3.63. The van der Waals surface area contributed by atoms with Crippen LogP contribution in [0.5, 0.6) is 17.2 Å². The van der Waals surface area contributed by atoms with Crippen molar-refractivity contribution >= 4 is 5.91 Å². The Hall–Kier alpha value is -3.48. The molecule has 1 saturated heterocycles. The zero-order chi connectivity index (χ0) is 21.6. The van der Waals surface area contributed by atoms with Crippen LogP contribution in [0.15, 0.2) is 48.7 Å². The van der Waals surface area contributed by atoms with Crippen LogP contribution in [0.1, 0.15) is 28.8 Å². The number of ether oxygens (including phenoxy) is 3. The van der Waals surface area contributed by atoms with E-state index >= 15 is 0 Å². The highest BCUT2D eigenvalue weighted by atomic mass is 16.5. The van der Waals surface area contributed by atoms with Gasteiger partial charge in [-0.1, -0.05) is 12.1 Å². The highest BCUT2D eigenvalue weighted by molar-refractivity contribution is 5.97. The van der Waals surface area contributed by atoms with Crippen molar-refractivity contribution < 1.29 is 19.0 Å². The maximum absolute atomic E-state index is 13.3. The number of amides is 1. The Bertz CT molecular complexity index is 1150. The quantitative estimate of drug-likeness (QED) is 0.649. The minimum absolute atomic E-state index is 0.0618. The van der Waals surface area contributed by atoms with Gasteiger partial charge < -0.3 is 19.1 Å². The van der Waals surface area contributed by atoms with Gasteiger partial charge in [0.2, 0.25) is 0 Å². The van der Waals surface area contributed by atoms with Gasteiger partial charge in [0.25, 0.3) is 5.91 Å². The Morgan fingerprint density at radius 3 is 2.61 bits per heavy atom. The number of hydrogen-bond donors (Lipinski definition) is 0. The normalized spacial score (nSPS) is 16.3. The van der Waals surface area contributed by atoms with Crippen LogP contribution in [0, 0.1) is 0 Å². The third-order valence-corrected chi connectivity index (χ3v) is 6.37. The van der Waals surface area contributed by atoms with Crippen LogP contribution < -0.4 is 14.2 Å². The first-order chi connectivity index (χ1) is 15.1. The number of hydrogen-bond acceptors (Lipinski definition) is 5. The third-order valence-electron chi connectivity index (χ3n) is 6.37. The molecule has 2 aliphatic heterocycles. The second-order valence-electron chi connectivity index (χ2n) is 7.98. The number of piperidine rings is 1. The second kappa shape index (κ2) is 7.34. The highest BCUT2D eigenvalue weighted by Gasteiger charge is 2.46. The molecule has 2 aromatic carbocycles. The van der Waals surface area contributed by atoms with E-state index in [4.69, 9.17) is 14.2 Å². The predicted molar refractivity (Wildman–Crippen MR) is 116 cm³/mol. The van der Waals surface area contributed by atoms with Gasteiger partial charge in [-0.2, -0.15) is 5.10 Å². The molecule has 1 spiro atoms. The summed E-state index contributed by atoms with van der Waals surface area (Å²) in [5.74, 6) is 1.98. The molecule has 0 N–H and O–H groups in total. The summed E-state index contributed by atoms with van der Waals surface area (Å²) in [7, 11) is 5.12. The SMILES string of the molecule is COc1ccc(OC)c(C(=O)N2CCC3(CC2)Oc2ccccc2-c2c3cnn2C)c1. The van der Waals surface area contributed by atoms with Crippen LogP contribution >= 0.6 is 0 Å². The number of fused-ring (bicyclic) bond motifs is 4. The van der Waals surface area contributed by atoms with Crippen molar-refractivity contribution in [1.82, 2.24) is 14.7 Å². The van der Waals surface area contributed by atoms with Gasteiger partial charge in [0.1, 0.15) is 22.8 Å². The molecule has 0 unspecified atom stereocenters. The Kier molecular flexibility index (Phi) is 4.61. The van der Waals surface area contributed by atoms with Crippen molar-refractivity contribution in [2.75, 3.05) is 27.3 Å². The molecule has 3 heterocycles. The number of aryl methyl sites for hydroxylation is 1. The molecule has 1 fully saturated rings. The highest BCUT2D eigenvalue weighted by Crippen LogP contribution is 2.49. The second-order valence-corrected chi connectivity index (χ2v) is 7.98. The zero-order valence-electron chi connectivity index (χ0n) is 17.9. The van der Waals surface area contributed by atoms with Crippen molar-refractivity contribution in [2.45, 2.75) is 18.4 Å². The molecule has 0 radical (unpaired) electrons. The topological polar surface area (TPSA) is 65.8 Å². The molecular weight excluding hydrogens is 394 g/mol. The van der Waals surface area contributed by atoms with E-state index in [1.165, 1.54) is 0 Å². The van der Waals surface area contributed by atoms with Crippen LogP contribution in [0.2, 0.25) is 0 Å². The van der Waals surface area contributed by atoms with Crippen LogP contribution in [0.3, 0.4) is 0 Å². The number of aromatic nitrogens is 2. The number of benzene rings is 2. The molecule has 160 valence electrons. The van der Waals surface area contributed by atoms with E-state index < -0.39 is 5.60 Å². The van der Waals surface area contributed by atoms with Gasteiger partial charge in [0.15, 0.2) is 0 Å². The van der Waals surface area contributed by atoms with E-state index in [0.717, 1.165) is 22.6 Å². The first kappa shape index (κ1) is 19.5. The molecule has 31 heavy (non-hydrogen) atoms. The van der Waals surface area contributed by atoms with Crippen molar-refractivity contribution in [3.8, 4) is 28.5 Å². The average Bonchev–Trinajstić information content (AvgIpc) is 3.21. The Labute approximate surface area is 181 Å². The first-order valence-electron chi connectivity index (χ1n) is 10.4. The molecule has 7 heteroatoms. The third kappa shape index (κ3) is 3.03. The molecule has 1 aromatic heterocycles. The molecule has 2 aliphatic rings. The summed E-state index contributed by atoms with van der Waals surface area (Å²) in [4.78, 5) is 15.2. The van der Waals surface area contributed by atoms with Gasteiger partial charge in [-0.15, -0.1) is 0 Å². The van der Waals surface area contributed by atoms with Crippen LogP contribution in [-0.2, 0) is 12.6 Å². The van der Waals surface area contributed by atoms with Crippen LogP contribution in [-0.4, -0.2) is 47.9 Å². The van der Waals surface area contributed by atoms with Crippen molar-refractivity contribution in [3.63, 3.8) is 0 Å². The lowest BCUT2D eigenvalue weighted by molar-refractivity contribution is -0.00180. The fourth-order valence-electron chi connectivity index (χ4n) is 4.70. The van der Waals surface area contributed by atoms with Crippen LogP contribution in [0.4, 0.5) is 0 Å². The minimum atomic E-state index is -0.479. The molecule has 7 nitrogen and oxygen atoms in total. The summed E-state index contributed by atoms with van der Waals surface area (Å²) >= 11 is 0. The van der Waals surface area contributed by atoms with Gasteiger partial charge >= 0.3 is 0 Å². The Balaban J connectivity index is 1.43. The molecule has 3 aromatic rings. The first-order valence-corrected chi connectivity index (χ1v) is 10.4. The van der Waals surface area contributed by atoms with Gasteiger partial charge in [0.05, 0.1) is 31.7 Å². The number of carbonyl (C=O) groups is 1. The van der Waals surface area contributed by atoms with E-state index in [2.05, 4.69) is 11.2 Å². The summed E-state index contributed by atoms with van der Waals surface area (Å²) in [5, 5.41) is 4.52. The lowest BCUT2D eigenvalue weighted by Crippen LogP contribution is -2.49. The number of para-hydroxylation sites is 1. The maximum Gasteiger partial charge on any atom is 0.257 e. The van der Waals surface area contributed by atoms with Crippen molar-refractivity contribution in [1.29, 1.82) is 0 Å². The Morgan fingerprint density at radius 1 is 1.10 bits per heavy atom. The largest absolute Gasteiger partial charge is 0.497 e. The van der Waals surface area contributed by atoms with Gasteiger partial charge in [-0.25, -0.2) is 0 Å². The lowest BCUT2D eigenvalue weighted by atomic mass is 9.81. The molecule has 0 aliphatic carbocycles. The molecule has 0 saturated carbocycles. The Morgan fingerprint density at radius 2 is 1.87 bits per heavy atom. The number of nitrogens with zero attached hydrogens (tertiary/aromatic N) is 3. The van der Waals surface area contributed by atoms with Gasteiger partial charge in [-0.05, 0) is 30.3 Å². The van der Waals surface area contributed by atoms with E-state index in [9.17, 15) is 4.79 Å². The maximum atomic E-state index is 13.3. The molecule has 5 rings (SSSR count). The van der Waals surface area contributed by atoms with Crippen molar-refractivity contribution in [2.24, 2.45) is 7.05 Å². The fraction of sp³-hybridized carbons (Fsp3) is 0.333. The number of likely N-dealkylation sites (tertiary alicyclic amines) is 1. The van der Waals surface area contributed by atoms with Gasteiger partial charge in [0, 0.05) is 44.1 Å². The monoisotopic (exact) mass is 419 g/mol. The smallest absolute Gasteiger partial charge is 0.257 e. The summed E-state index contributed by atoms with van der Waals surface area (Å²) in [6, 6.07) is 13.4. The van der Waals surface area contributed by atoms with E-state index in [0.29, 0.717) is 43.0 Å². The van der Waals surface area contributed by atoms with E-state index in [-0.39, 0.29) is 5.91 Å². The standard InChI is InChI=1S/C24H25N3O4/c1-26-22-17-6-4-5-7-21(17)31-24(19(22)15-25-26)10-12-27(13-11-24)23(28)18-14-16(29-2)8-9-20(18)30-3/h4-9,14-15H,10-13H2,1-3H3.